The highest BCUT2D eigenvalue weighted by molar-refractivity contribution is 7.98. The number of hydrogen-bond acceptors (Lipinski definition) is 3. The molecule has 2 aromatic rings. The average molecular weight is 264 g/mol. The van der Waals surface area contributed by atoms with Crippen LogP contribution in [-0.2, 0) is 0 Å². The minimum atomic E-state index is 0.513. The minimum Gasteiger partial charge on any atom is -0.298 e. The van der Waals surface area contributed by atoms with Gasteiger partial charge in [0.05, 0.1) is 10.7 Å². The number of benzene rings is 1. The van der Waals surface area contributed by atoms with Crippen LogP contribution in [0.2, 0.25) is 5.02 Å². The van der Waals surface area contributed by atoms with Crippen LogP contribution in [0.25, 0.3) is 11.3 Å². The highest BCUT2D eigenvalue weighted by Gasteiger charge is 2.11. The van der Waals surface area contributed by atoms with E-state index in [0.29, 0.717) is 16.3 Å². The van der Waals surface area contributed by atoms with Crippen molar-refractivity contribution >= 4 is 29.6 Å². The van der Waals surface area contributed by atoms with Gasteiger partial charge in [-0.3, -0.25) is 4.79 Å². The molecule has 86 valence electrons. The molecule has 2 nitrogen and oxygen atoms in total. The molecular weight excluding hydrogens is 254 g/mol. The fourth-order valence-corrected chi connectivity index (χ4v) is 2.37. The highest BCUT2D eigenvalue weighted by atomic mass is 35.5. The number of nitrogens with zero attached hydrogens (tertiary/aromatic N) is 1. The molecule has 0 saturated carbocycles. The van der Waals surface area contributed by atoms with Gasteiger partial charge in [0.25, 0.3) is 0 Å². The number of aromatic nitrogens is 1. The molecule has 1 aromatic carbocycles. The standard InChI is InChI=1S/C13H10ClNOS/c1-17-13-11(14)7-10(8-16)12(15-13)9-5-3-2-4-6-9/h2-8H,1H3. The van der Waals surface area contributed by atoms with Gasteiger partial charge in [-0.25, -0.2) is 4.98 Å². The number of hydrogen-bond donors (Lipinski definition) is 0. The molecule has 0 fully saturated rings. The number of halogens is 1. The lowest BCUT2D eigenvalue weighted by Gasteiger charge is -2.07. The Labute approximate surface area is 109 Å². The predicted molar refractivity (Wildman–Crippen MR) is 71.9 cm³/mol. The maximum atomic E-state index is 11.0. The summed E-state index contributed by atoms with van der Waals surface area (Å²) in [6, 6.07) is 11.3. The Bertz CT molecular complexity index is 543. The van der Waals surface area contributed by atoms with Gasteiger partial charge in [-0.2, -0.15) is 0 Å². The molecule has 0 aliphatic carbocycles. The van der Waals surface area contributed by atoms with Crippen molar-refractivity contribution in [3.05, 3.63) is 47.0 Å². The van der Waals surface area contributed by atoms with Gasteiger partial charge < -0.3 is 0 Å². The van der Waals surface area contributed by atoms with Crippen molar-refractivity contribution in [2.24, 2.45) is 0 Å². The number of aldehydes is 1. The van der Waals surface area contributed by atoms with Crippen LogP contribution in [0.3, 0.4) is 0 Å². The lowest BCUT2D eigenvalue weighted by molar-refractivity contribution is 0.112. The third kappa shape index (κ3) is 2.51. The second kappa shape index (κ2) is 5.34. The summed E-state index contributed by atoms with van der Waals surface area (Å²) in [5, 5.41) is 1.25. The SMILES string of the molecule is CSc1nc(-c2ccccc2)c(C=O)cc1Cl. The van der Waals surface area contributed by atoms with E-state index in [1.165, 1.54) is 11.8 Å². The molecule has 2 rings (SSSR count). The summed E-state index contributed by atoms with van der Waals surface area (Å²) in [5.74, 6) is 0. The first-order chi connectivity index (χ1) is 8.26. The van der Waals surface area contributed by atoms with Crippen molar-refractivity contribution in [3.8, 4) is 11.3 Å². The van der Waals surface area contributed by atoms with Crippen molar-refractivity contribution in [1.29, 1.82) is 0 Å². The van der Waals surface area contributed by atoms with Crippen molar-refractivity contribution in [2.75, 3.05) is 6.26 Å². The summed E-state index contributed by atoms with van der Waals surface area (Å²) in [6.45, 7) is 0. The summed E-state index contributed by atoms with van der Waals surface area (Å²) < 4.78 is 0. The van der Waals surface area contributed by atoms with Gasteiger partial charge >= 0.3 is 0 Å². The second-order valence-electron chi connectivity index (χ2n) is 3.40. The Morgan fingerprint density at radius 2 is 2.00 bits per heavy atom. The van der Waals surface area contributed by atoms with Crippen LogP contribution < -0.4 is 0 Å². The van der Waals surface area contributed by atoms with Crippen LogP contribution in [0.5, 0.6) is 0 Å². The molecule has 0 amide bonds. The van der Waals surface area contributed by atoms with Crippen molar-refractivity contribution < 1.29 is 4.79 Å². The Morgan fingerprint density at radius 1 is 1.29 bits per heavy atom. The number of carbonyl (C=O) groups excluding carboxylic acids is 1. The van der Waals surface area contributed by atoms with Crippen LogP contribution in [-0.4, -0.2) is 17.5 Å². The molecule has 0 aliphatic heterocycles. The second-order valence-corrected chi connectivity index (χ2v) is 4.60. The number of rotatable bonds is 3. The van der Waals surface area contributed by atoms with E-state index in [0.717, 1.165) is 16.9 Å². The van der Waals surface area contributed by atoms with Crippen molar-refractivity contribution in [2.45, 2.75) is 5.03 Å². The largest absolute Gasteiger partial charge is 0.298 e. The van der Waals surface area contributed by atoms with Crippen LogP contribution in [0, 0.1) is 0 Å². The Hall–Kier alpha value is -1.32. The first-order valence-corrected chi connectivity index (χ1v) is 6.61. The van der Waals surface area contributed by atoms with E-state index in [1.807, 2.05) is 36.6 Å². The maximum absolute atomic E-state index is 11.0. The van der Waals surface area contributed by atoms with Gasteiger partial charge in [-0.1, -0.05) is 41.9 Å². The normalized spacial score (nSPS) is 10.2. The van der Waals surface area contributed by atoms with Gasteiger partial charge in [-0.15, -0.1) is 11.8 Å². The monoisotopic (exact) mass is 263 g/mol. The van der Waals surface area contributed by atoms with Gasteiger partial charge in [0, 0.05) is 11.1 Å². The fraction of sp³-hybridized carbons (Fsp3) is 0.0769. The van der Waals surface area contributed by atoms with Gasteiger partial charge in [-0.05, 0) is 12.3 Å². The summed E-state index contributed by atoms with van der Waals surface area (Å²) in [4.78, 5) is 15.5. The zero-order valence-electron chi connectivity index (χ0n) is 9.18. The molecule has 1 aromatic heterocycles. The first kappa shape index (κ1) is 12.1. The molecule has 4 heteroatoms. The first-order valence-electron chi connectivity index (χ1n) is 5.01. The highest BCUT2D eigenvalue weighted by Crippen LogP contribution is 2.29. The average Bonchev–Trinajstić information content (AvgIpc) is 2.39. The van der Waals surface area contributed by atoms with Crippen molar-refractivity contribution in [1.82, 2.24) is 4.98 Å². The van der Waals surface area contributed by atoms with E-state index in [-0.39, 0.29) is 0 Å². The van der Waals surface area contributed by atoms with Gasteiger partial charge in [0.2, 0.25) is 0 Å². The molecule has 0 aliphatic rings. The lowest BCUT2D eigenvalue weighted by Crippen LogP contribution is -1.94. The molecule has 0 spiro atoms. The van der Waals surface area contributed by atoms with Crippen LogP contribution in [0.1, 0.15) is 10.4 Å². The topological polar surface area (TPSA) is 30.0 Å². The molecule has 0 radical (unpaired) electrons. The number of thioether (sulfide) groups is 1. The zero-order valence-corrected chi connectivity index (χ0v) is 10.8. The fourth-order valence-electron chi connectivity index (χ4n) is 1.55. The minimum absolute atomic E-state index is 0.513. The molecular formula is C13H10ClNOS. The lowest BCUT2D eigenvalue weighted by atomic mass is 10.1. The number of carbonyl (C=O) groups is 1. The van der Waals surface area contributed by atoms with E-state index in [4.69, 9.17) is 11.6 Å². The Balaban J connectivity index is 2.63. The maximum Gasteiger partial charge on any atom is 0.152 e. The van der Waals surface area contributed by atoms with Gasteiger partial charge in [0.15, 0.2) is 6.29 Å². The van der Waals surface area contributed by atoms with Crippen LogP contribution >= 0.6 is 23.4 Å². The molecule has 17 heavy (non-hydrogen) atoms. The molecule has 0 bridgehead atoms. The third-order valence-corrected chi connectivity index (χ3v) is 3.44. The molecule has 0 unspecified atom stereocenters. The molecule has 0 saturated heterocycles. The summed E-state index contributed by atoms with van der Waals surface area (Å²) in [5.41, 5.74) is 2.11. The van der Waals surface area contributed by atoms with Crippen molar-refractivity contribution in [3.63, 3.8) is 0 Å². The van der Waals surface area contributed by atoms with E-state index in [2.05, 4.69) is 4.98 Å². The Kier molecular flexibility index (Phi) is 3.82. The molecule has 1 heterocycles. The number of pyridine rings is 1. The summed E-state index contributed by atoms with van der Waals surface area (Å²) >= 11 is 7.49. The summed E-state index contributed by atoms with van der Waals surface area (Å²) in [7, 11) is 0. The van der Waals surface area contributed by atoms with E-state index >= 15 is 0 Å². The molecule has 0 atom stereocenters. The smallest absolute Gasteiger partial charge is 0.152 e. The van der Waals surface area contributed by atoms with Crippen LogP contribution in [0.4, 0.5) is 0 Å². The van der Waals surface area contributed by atoms with E-state index in [1.54, 1.807) is 6.07 Å². The van der Waals surface area contributed by atoms with E-state index < -0.39 is 0 Å². The summed E-state index contributed by atoms with van der Waals surface area (Å²) in [6.07, 6.45) is 2.69. The van der Waals surface area contributed by atoms with Gasteiger partial charge in [0.1, 0.15) is 5.03 Å². The third-order valence-electron chi connectivity index (χ3n) is 2.34. The van der Waals surface area contributed by atoms with Crippen LogP contribution in [0.15, 0.2) is 41.4 Å². The zero-order chi connectivity index (χ0) is 12.3. The predicted octanol–water partition coefficient (Wildman–Crippen LogP) is 3.94. The quantitative estimate of drug-likeness (QED) is 0.621. The van der Waals surface area contributed by atoms with E-state index in [9.17, 15) is 4.79 Å². The Morgan fingerprint density at radius 3 is 2.59 bits per heavy atom. The molecule has 0 N–H and O–H groups in total.